The minimum Gasteiger partial charge on any atom is -0.434 e. The van der Waals surface area contributed by atoms with Crippen molar-refractivity contribution in [2.24, 2.45) is 5.73 Å². The predicted octanol–water partition coefficient (Wildman–Crippen LogP) is 2.48. The standard InChI is InChI=1S/C35H45ClN6O8S2/c1-51(46,47)41-29(14-11-23-15-18-38-19-16-23)35(45)42-21-26(52(48,49)22-24-9-12-25(36)13-10-24)20-30(42)33(44)39-28(7-4-5-17-37)32(43)34-40-27-6-2-3-8-31(27)50-34/h2-3,6,8-13,26,28-30,38,41H,4-5,7,14-22,37H2,1H3,(H,39,44)/t26-,28+,29-,30+/m1/s1. The molecule has 0 saturated carbocycles. The fourth-order valence-electron chi connectivity index (χ4n) is 6.53. The number of nitrogens with zero attached hydrogens (tertiary/aromatic N) is 2. The number of likely N-dealkylation sites (tertiary alicyclic amines) is 1. The summed E-state index contributed by atoms with van der Waals surface area (Å²) in [4.78, 5) is 47.7. The predicted molar refractivity (Wildman–Crippen MR) is 198 cm³/mol. The van der Waals surface area contributed by atoms with Gasteiger partial charge in [-0.3, -0.25) is 14.4 Å². The van der Waals surface area contributed by atoms with E-state index >= 15 is 0 Å². The number of para-hydroxylation sites is 2. The number of Topliss-reactive ketones (excluding diaryl/α,β-unsaturated/α-hetero) is 1. The Kier molecular flexibility index (Phi) is 13.3. The molecular formula is C35H45ClN6O8S2. The van der Waals surface area contributed by atoms with Crippen LogP contribution < -0.4 is 21.1 Å². The molecule has 2 aliphatic heterocycles. The summed E-state index contributed by atoms with van der Waals surface area (Å²) in [6.07, 6.45) is 5.19. The van der Waals surface area contributed by atoms with Crippen LogP contribution in [-0.2, 0) is 35.2 Å². The largest absolute Gasteiger partial charge is 0.434 e. The van der Waals surface area contributed by atoms with Crippen LogP contribution in [0.4, 0.5) is 0 Å². The number of amides is 2. The van der Waals surface area contributed by atoms with E-state index in [0.29, 0.717) is 41.1 Å². The number of benzene rings is 2. The minimum absolute atomic E-state index is 0.00614. The number of carbonyl (C=O) groups is 3. The van der Waals surface area contributed by atoms with Crippen molar-refractivity contribution >= 4 is 60.2 Å². The molecule has 282 valence electrons. The molecule has 0 aliphatic carbocycles. The van der Waals surface area contributed by atoms with Gasteiger partial charge in [0.1, 0.15) is 17.6 Å². The summed E-state index contributed by atoms with van der Waals surface area (Å²) in [5, 5.41) is 5.28. The Labute approximate surface area is 308 Å². The molecule has 3 aromatic rings. The van der Waals surface area contributed by atoms with Crippen LogP contribution in [0.3, 0.4) is 0 Å². The Morgan fingerprint density at radius 3 is 2.44 bits per heavy atom. The number of sulfone groups is 1. The number of rotatable bonds is 16. The Morgan fingerprint density at radius 2 is 1.77 bits per heavy atom. The zero-order chi connectivity index (χ0) is 37.5. The van der Waals surface area contributed by atoms with Gasteiger partial charge in [0.2, 0.25) is 27.6 Å². The molecule has 3 heterocycles. The third kappa shape index (κ3) is 10.5. The number of halogens is 1. The molecule has 14 nitrogen and oxygen atoms in total. The average molecular weight is 777 g/mol. The van der Waals surface area contributed by atoms with E-state index in [1.165, 1.54) is 0 Å². The van der Waals surface area contributed by atoms with E-state index in [9.17, 15) is 31.2 Å². The highest BCUT2D eigenvalue weighted by atomic mass is 35.5. The smallest absolute Gasteiger partial charge is 0.266 e. The SMILES string of the molecule is CS(=O)(=O)N[C@H](CC=C1CCNCC1)C(=O)N1C[C@H](S(=O)(=O)Cc2ccc(Cl)cc2)C[C@H]1C(=O)N[C@@H](CCCCN)C(=O)c1nc2ccccc2o1. The van der Waals surface area contributed by atoms with Crippen LogP contribution >= 0.6 is 11.6 Å². The number of nitrogens with one attached hydrogen (secondary N) is 3. The van der Waals surface area contributed by atoms with Gasteiger partial charge in [-0.15, -0.1) is 0 Å². The molecule has 17 heteroatoms. The summed E-state index contributed by atoms with van der Waals surface area (Å²) >= 11 is 6.00. The second-order valence-corrected chi connectivity index (χ2v) is 17.8. The van der Waals surface area contributed by atoms with Crippen LogP contribution in [-0.4, -0.2) is 100 Å². The minimum atomic E-state index is -3.95. The fraction of sp³-hybridized carbons (Fsp3) is 0.486. The quantitative estimate of drug-likeness (QED) is 0.0943. The number of unbranched alkanes of at least 4 members (excludes halogenated alkanes) is 1. The molecule has 2 fully saturated rings. The Hall–Kier alpha value is -3.67. The lowest BCUT2D eigenvalue weighted by atomic mass is 10.0. The molecule has 2 aliphatic rings. The first kappa shape index (κ1) is 39.5. The lowest BCUT2D eigenvalue weighted by molar-refractivity contribution is -0.139. The summed E-state index contributed by atoms with van der Waals surface area (Å²) in [5.74, 6) is -2.66. The van der Waals surface area contributed by atoms with Gasteiger partial charge in [-0.2, -0.15) is 0 Å². The van der Waals surface area contributed by atoms with Crippen LogP contribution in [0.25, 0.3) is 11.1 Å². The van der Waals surface area contributed by atoms with Gasteiger partial charge in [-0.1, -0.05) is 47.5 Å². The number of nitrogens with two attached hydrogens (primary N) is 1. The zero-order valence-corrected chi connectivity index (χ0v) is 31.3. The van der Waals surface area contributed by atoms with Crippen LogP contribution in [0.15, 0.2) is 64.6 Å². The average Bonchev–Trinajstić information content (AvgIpc) is 3.76. The Morgan fingerprint density at radius 1 is 1.06 bits per heavy atom. The Balaban J connectivity index is 1.45. The topological polar surface area (TPSA) is 211 Å². The van der Waals surface area contributed by atoms with Crippen molar-refractivity contribution in [3.05, 3.63) is 76.7 Å². The van der Waals surface area contributed by atoms with Gasteiger partial charge in [0.15, 0.2) is 15.4 Å². The molecular weight excluding hydrogens is 732 g/mol. The number of carbonyl (C=O) groups excluding carboxylic acids is 3. The first-order valence-corrected chi connectivity index (χ1v) is 21.2. The number of hydrogen-bond acceptors (Lipinski definition) is 11. The molecule has 2 amide bonds. The number of ketones is 1. The Bertz CT molecular complexity index is 1960. The highest BCUT2D eigenvalue weighted by Crippen LogP contribution is 2.29. The summed E-state index contributed by atoms with van der Waals surface area (Å²) in [5.41, 5.74) is 8.09. The van der Waals surface area contributed by atoms with Crippen molar-refractivity contribution in [3.8, 4) is 0 Å². The molecule has 2 saturated heterocycles. The highest BCUT2D eigenvalue weighted by Gasteiger charge is 2.47. The molecule has 0 radical (unpaired) electrons. The number of aromatic nitrogens is 1. The van der Waals surface area contributed by atoms with Crippen LogP contribution in [0, 0.1) is 0 Å². The second kappa shape index (κ2) is 17.4. The number of oxazole rings is 1. The summed E-state index contributed by atoms with van der Waals surface area (Å²) in [7, 11) is -7.85. The van der Waals surface area contributed by atoms with Crippen molar-refractivity contribution in [1.29, 1.82) is 0 Å². The lowest BCUT2D eigenvalue weighted by Crippen LogP contribution is -2.55. The molecule has 1 aromatic heterocycles. The molecule has 2 aromatic carbocycles. The van der Waals surface area contributed by atoms with E-state index in [1.54, 1.807) is 48.5 Å². The van der Waals surface area contributed by atoms with Gasteiger partial charge in [0.25, 0.3) is 5.89 Å². The maximum atomic E-state index is 14.3. The van der Waals surface area contributed by atoms with E-state index in [-0.39, 0.29) is 37.5 Å². The molecule has 0 bridgehead atoms. The zero-order valence-electron chi connectivity index (χ0n) is 28.9. The lowest BCUT2D eigenvalue weighted by Gasteiger charge is -2.29. The summed E-state index contributed by atoms with van der Waals surface area (Å²) in [6.45, 7) is 1.50. The van der Waals surface area contributed by atoms with Crippen molar-refractivity contribution in [3.63, 3.8) is 0 Å². The molecule has 5 N–H and O–H groups in total. The highest BCUT2D eigenvalue weighted by molar-refractivity contribution is 7.91. The number of hydrogen-bond donors (Lipinski definition) is 4. The molecule has 4 atom stereocenters. The number of fused-ring (bicyclic) bond motifs is 1. The first-order chi connectivity index (χ1) is 24.7. The van der Waals surface area contributed by atoms with Crippen LogP contribution in [0.1, 0.15) is 61.2 Å². The third-order valence-electron chi connectivity index (χ3n) is 9.26. The van der Waals surface area contributed by atoms with Crippen molar-refractivity contribution in [2.45, 2.75) is 74.1 Å². The van der Waals surface area contributed by atoms with Crippen molar-refractivity contribution in [1.82, 2.24) is 25.2 Å². The van der Waals surface area contributed by atoms with Gasteiger partial charge in [0.05, 0.1) is 23.3 Å². The normalized spacial score (nSPS) is 19.4. The molecule has 0 unspecified atom stereocenters. The monoisotopic (exact) mass is 776 g/mol. The molecule has 5 rings (SSSR count). The van der Waals surface area contributed by atoms with E-state index in [2.05, 4.69) is 20.3 Å². The van der Waals surface area contributed by atoms with E-state index in [1.807, 2.05) is 6.08 Å². The second-order valence-electron chi connectivity index (χ2n) is 13.3. The maximum absolute atomic E-state index is 14.3. The van der Waals surface area contributed by atoms with Crippen LogP contribution in [0.2, 0.25) is 5.02 Å². The molecule has 52 heavy (non-hydrogen) atoms. The van der Waals surface area contributed by atoms with Crippen molar-refractivity contribution < 1.29 is 35.6 Å². The fourth-order valence-corrected chi connectivity index (χ4v) is 9.13. The number of piperidine rings is 1. The van der Waals surface area contributed by atoms with E-state index < -0.39 is 60.8 Å². The number of sulfonamides is 1. The first-order valence-electron chi connectivity index (χ1n) is 17.3. The van der Waals surface area contributed by atoms with Gasteiger partial charge < -0.3 is 25.7 Å². The van der Waals surface area contributed by atoms with Gasteiger partial charge >= 0.3 is 0 Å². The summed E-state index contributed by atoms with van der Waals surface area (Å²) in [6, 6.07) is 9.41. The van der Waals surface area contributed by atoms with Gasteiger partial charge in [0, 0.05) is 11.6 Å². The van der Waals surface area contributed by atoms with Crippen LogP contribution in [0.5, 0.6) is 0 Å². The van der Waals surface area contributed by atoms with E-state index in [4.69, 9.17) is 21.8 Å². The van der Waals surface area contributed by atoms with Crippen molar-refractivity contribution in [2.75, 3.05) is 32.4 Å². The third-order valence-corrected chi connectivity index (χ3v) is 12.3. The van der Waals surface area contributed by atoms with Gasteiger partial charge in [-0.05, 0) is 94.4 Å². The maximum Gasteiger partial charge on any atom is 0.266 e. The molecule has 0 spiro atoms. The summed E-state index contributed by atoms with van der Waals surface area (Å²) < 4.78 is 60.7. The van der Waals surface area contributed by atoms with Gasteiger partial charge in [-0.25, -0.2) is 26.5 Å². The van der Waals surface area contributed by atoms with E-state index in [0.717, 1.165) is 42.7 Å².